The Kier molecular flexibility index (Phi) is 3.28. The zero-order chi connectivity index (χ0) is 13.8. The molecule has 1 aliphatic heterocycles. The van der Waals surface area contributed by atoms with Crippen LogP contribution in [0.3, 0.4) is 0 Å². The van der Waals surface area contributed by atoms with E-state index < -0.39 is 0 Å². The molecular formula is C14H11N3O3. The van der Waals surface area contributed by atoms with Crippen LogP contribution >= 0.6 is 0 Å². The second-order valence-corrected chi connectivity index (χ2v) is 4.02. The van der Waals surface area contributed by atoms with Crippen molar-refractivity contribution in [3.8, 4) is 11.5 Å². The predicted octanol–water partition coefficient (Wildman–Crippen LogP) is 1.57. The molecule has 0 saturated carbocycles. The van der Waals surface area contributed by atoms with E-state index in [2.05, 4.69) is 15.5 Å². The second-order valence-electron chi connectivity index (χ2n) is 4.02. The number of nitrogens with one attached hydrogen (secondary N) is 1. The van der Waals surface area contributed by atoms with E-state index in [4.69, 9.17) is 9.47 Å². The first-order chi connectivity index (χ1) is 9.83. The molecule has 6 nitrogen and oxygen atoms in total. The van der Waals surface area contributed by atoms with Gasteiger partial charge in [0.2, 0.25) is 6.79 Å². The zero-order valence-corrected chi connectivity index (χ0v) is 10.4. The summed E-state index contributed by atoms with van der Waals surface area (Å²) in [7, 11) is 0. The lowest BCUT2D eigenvalue weighted by molar-refractivity contribution is 0.0954. The minimum atomic E-state index is -0.324. The first kappa shape index (κ1) is 12.2. The van der Waals surface area contributed by atoms with Crippen LogP contribution in [-0.2, 0) is 0 Å². The van der Waals surface area contributed by atoms with E-state index in [0.717, 1.165) is 0 Å². The van der Waals surface area contributed by atoms with Crippen molar-refractivity contribution in [3.63, 3.8) is 0 Å². The molecule has 1 aromatic carbocycles. The molecule has 0 radical (unpaired) electrons. The summed E-state index contributed by atoms with van der Waals surface area (Å²) < 4.78 is 10.4. The highest BCUT2D eigenvalue weighted by molar-refractivity contribution is 5.95. The molecule has 0 aliphatic carbocycles. The SMILES string of the molecule is O=C(N/N=C\c1ccccn1)c1ccc2c(c1)OCO2. The summed E-state index contributed by atoms with van der Waals surface area (Å²) >= 11 is 0. The van der Waals surface area contributed by atoms with Gasteiger partial charge in [-0.15, -0.1) is 0 Å². The number of carbonyl (C=O) groups is 1. The molecule has 6 heteroatoms. The van der Waals surface area contributed by atoms with Gasteiger partial charge in [-0.3, -0.25) is 9.78 Å². The summed E-state index contributed by atoms with van der Waals surface area (Å²) in [6.45, 7) is 0.179. The summed E-state index contributed by atoms with van der Waals surface area (Å²) in [5.41, 5.74) is 3.55. The lowest BCUT2D eigenvalue weighted by Crippen LogP contribution is -2.17. The fraction of sp³-hybridized carbons (Fsp3) is 0.0714. The quantitative estimate of drug-likeness (QED) is 0.678. The Bertz CT molecular complexity index is 656. The molecule has 0 spiro atoms. The van der Waals surface area contributed by atoms with Gasteiger partial charge >= 0.3 is 0 Å². The molecule has 1 aromatic heterocycles. The lowest BCUT2D eigenvalue weighted by atomic mass is 10.2. The molecule has 1 aliphatic rings. The summed E-state index contributed by atoms with van der Waals surface area (Å²) in [6.07, 6.45) is 3.13. The van der Waals surface area contributed by atoms with Crippen molar-refractivity contribution in [3.05, 3.63) is 53.9 Å². The molecule has 0 fully saturated rings. The molecule has 100 valence electrons. The summed E-state index contributed by atoms with van der Waals surface area (Å²) in [6, 6.07) is 10.4. The van der Waals surface area contributed by atoms with Crippen LogP contribution in [0.5, 0.6) is 11.5 Å². The Morgan fingerprint density at radius 1 is 1.25 bits per heavy atom. The summed E-state index contributed by atoms with van der Waals surface area (Å²) in [5, 5.41) is 3.85. The second kappa shape index (κ2) is 5.40. The van der Waals surface area contributed by atoms with Crippen LogP contribution in [0.4, 0.5) is 0 Å². The molecule has 20 heavy (non-hydrogen) atoms. The maximum atomic E-state index is 11.9. The largest absolute Gasteiger partial charge is 0.454 e. The van der Waals surface area contributed by atoms with Crippen LogP contribution in [0.2, 0.25) is 0 Å². The Balaban J connectivity index is 1.66. The average Bonchev–Trinajstić information content (AvgIpc) is 2.95. The molecule has 2 aromatic rings. The number of rotatable bonds is 3. The number of aromatic nitrogens is 1. The van der Waals surface area contributed by atoms with Crippen molar-refractivity contribution < 1.29 is 14.3 Å². The number of hydrogen-bond donors (Lipinski definition) is 1. The van der Waals surface area contributed by atoms with Gasteiger partial charge in [0, 0.05) is 11.8 Å². The fourth-order valence-electron chi connectivity index (χ4n) is 1.71. The van der Waals surface area contributed by atoms with Gasteiger partial charge in [0.25, 0.3) is 5.91 Å². The van der Waals surface area contributed by atoms with Gasteiger partial charge in [-0.05, 0) is 30.3 Å². The first-order valence-corrected chi connectivity index (χ1v) is 5.97. The maximum Gasteiger partial charge on any atom is 0.271 e. The van der Waals surface area contributed by atoms with Gasteiger partial charge in [0.15, 0.2) is 11.5 Å². The number of nitrogens with zero attached hydrogens (tertiary/aromatic N) is 2. The van der Waals surface area contributed by atoms with Gasteiger partial charge in [0.1, 0.15) is 0 Å². The number of pyridine rings is 1. The maximum absolute atomic E-state index is 11.9. The van der Waals surface area contributed by atoms with Crippen LogP contribution in [-0.4, -0.2) is 23.9 Å². The highest BCUT2D eigenvalue weighted by Gasteiger charge is 2.15. The normalized spacial score (nSPS) is 12.6. The van der Waals surface area contributed by atoms with Crippen LogP contribution in [0, 0.1) is 0 Å². The smallest absolute Gasteiger partial charge is 0.271 e. The lowest BCUT2D eigenvalue weighted by Gasteiger charge is -2.01. The van der Waals surface area contributed by atoms with Crippen molar-refractivity contribution in [2.24, 2.45) is 5.10 Å². The molecular weight excluding hydrogens is 258 g/mol. The van der Waals surface area contributed by atoms with E-state index in [0.29, 0.717) is 22.8 Å². The van der Waals surface area contributed by atoms with Crippen molar-refractivity contribution in [1.29, 1.82) is 0 Å². The van der Waals surface area contributed by atoms with Crippen LogP contribution in [0.15, 0.2) is 47.7 Å². The van der Waals surface area contributed by atoms with E-state index in [1.807, 2.05) is 12.1 Å². The number of hydrogen-bond acceptors (Lipinski definition) is 5. The van der Waals surface area contributed by atoms with Gasteiger partial charge in [0.05, 0.1) is 11.9 Å². The van der Waals surface area contributed by atoms with Gasteiger partial charge < -0.3 is 9.47 Å². The van der Waals surface area contributed by atoms with E-state index in [-0.39, 0.29) is 12.7 Å². The Hall–Kier alpha value is -2.89. The van der Waals surface area contributed by atoms with Crippen LogP contribution < -0.4 is 14.9 Å². The number of amides is 1. The van der Waals surface area contributed by atoms with Crippen LogP contribution in [0.25, 0.3) is 0 Å². The molecule has 0 bridgehead atoms. The van der Waals surface area contributed by atoms with E-state index in [1.165, 1.54) is 6.21 Å². The minimum Gasteiger partial charge on any atom is -0.454 e. The van der Waals surface area contributed by atoms with Gasteiger partial charge in [-0.25, -0.2) is 5.43 Å². The number of ether oxygens (including phenoxy) is 2. The standard InChI is InChI=1S/C14H11N3O3/c18-14(17-16-8-11-3-1-2-6-15-11)10-4-5-12-13(7-10)20-9-19-12/h1-8H,9H2,(H,17,18)/b16-8-. The van der Waals surface area contributed by atoms with Crippen LogP contribution in [0.1, 0.15) is 16.1 Å². The number of fused-ring (bicyclic) bond motifs is 1. The zero-order valence-electron chi connectivity index (χ0n) is 10.4. The van der Waals surface area contributed by atoms with Crippen molar-refractivity contribution in [1.82, 2.24) is 10.4 Å². The molecule has 0 atom stereocenters. The molecule has 1 amide bonds. The number of benzene rings is 1. The minimum absolute atomic E-state index is 0.179. The average molecular weight is 269 g/mol. The number of carbonyl (C=O) groups excluding carboxylic acids is 1. The molecule has 1 N–H and O–H groups in total. The first-order valence-electron chi connectivity index (χ1n) is 5.97. The molecule has 0 unspecified atom stereocenters. The van der Waals surface area contributed by atoms with Crippen molar-refractivity contribution in [2.75, 3.05) is 6.79 Å². The van der Waals surface area contributed by atoms with Crippen molar-refractivity contribution in [2.45, 2.75) is 0 Å². The Labute approximate surface area is 115 Å². The van der Waals surface area contributed by atoms with Gasteiger partial charge in [-0.1, -0.05) is 6.07 Å². The third-order valence-corrected chi connectivity index (χ3v) is 2.69. The third-order valence-electron chi connectivity index (χ3n) is 2.69. The third kappa shape index (κ3) is 2.59. The fourth-order valence-corrected chi connectivity index (χ4v) is 1.71. The van der Waals surface area contributed by atoms with Crippen molar-refractivity contribution >= 4 is 12.1 Å². The highest BCUT2D eigenvalue weighted by Crippen LogP contribution is 2.32. The van der Waals surface area contributed by atoms with E-state index in [9.17, 15) is 4.79 Å². The van der Waals surface area contributed by atoms with E-state index >= 15 is 0 Å². The summed E-state index contributed by atoms with van der Waals surface area (Å²) in [5.74, 6) is 0.875. The van der Waals surface area contributed by atoms with E-state index in [1.54, 1.807) is 30.5 Å². The molecule has 3 rings (SSSR count). The van der Waals surface area contributed by atoms with Gasteiger partial charge in [-0.2, -0.15) is 5.10 Å². The molecule has 2 heterocycles. The number of hydrazone groups is 1. The Morgan fingerprint density at radius 3 is 3.00 bits per heavy atom. The summed E-state index contributed by atoms with van der Waals surface area (Å²) in [4.78, 5) is 16.0. The highest BCUT2D eigenvalue weighted by atomic mass is 16.7. The molecule has 0 saturated heterocycles. The topological polar surface area (TPSA) is 72.8 Å². The Morgan fingerprint density at radius 2 is 2.15 bits per heavy atom. The predicted molar refractivity (Wildman–Crippen MR) is 71.9 cm³/mol. The monoisotopic (exact) mass is 269 g/mol.